The van der Waals surface area contributed by atoms with Crippen molar-refractivity contribution in [1.29, 1.82) is 5.26 Å². The second-order valence-corrected chi connectivity index (χ2v) is 5.85. The number of morpholine rings is 1. The van der Waals surface area contributed by atoms with Gasteiger partial charge in [-0.3, -0.25) is 9.69 Å². The summed E-state index contributed by atoms with van der Waals surface area (Å²) in [6, 6.07) is 3.11. The number of halogens is 1. The van der Waals surface area contributed by atoms with Crippen molar-refractivity contribution in [1.82, 2.24) is 20.0 Å². The van der Waals surface area contributed by atoms with Gasteiger partial charge < -0.3 is 14.9 Å². The van der Waals surface area contributed by atoms with E-state index in [2.05, 4.69) is 15.3 Å². The Morgan fingerprint density at radius 1 is 1.56 bits per heavy atom. The van der Waals surface area contributed by atoms with Gasteiger partial charge in [0, 0.05) is 6.07 Å². The fourth-order valence-electron chi connectivity index (χ4n) is 2.51. The lowest BCUT2D eigenvalue weighted by Crippen LogP contribution is -2.60. The van der Waals surface area contributed by atoms with E-state index in [1.807, 2.05) is 0 Å². The molecule has 2 atom stereocenters. The molecule has 0 bridgehead atoms. The summed E-state index contributed by atoms with van der Waals surface area (Å²) in [5.41, 5.74) is -2.27. The van der Waals surface area contributed by atoms with Crippen LogP contribution in [0.3, 0.4) is 0 Å². The maximum absolute atomic E-state index is 14.4. The van der Waals surface area contributed by atoms with Crippen LogP contribution in [0, 0.1) is 17.1 Å². The molecule has 27 heavy (non-hydrogen) atoms. The van der Waals surface area contributed by atoms with E-state index in [9.17, 15) is 19.1 Å². The number of aliphatic carboxylic acids is 1. The molecule has 0 aromatic carbocycles. The summed E-state index contributed by atoms with van der Waals surface area (Å²) in [5, 5.41) is 39.1. The van der Waals surface area contributed by atoms with Gasteiger partial charge in [0.2, 0.25) is 0 Å². The Hall–Kier alpha value is -3.43. The first-order valence-corrected chi connectivity index (χ1v) is 7.63. The molecular weight excluding hydrogens is 363 g/mol. The number of anilines is 1. The van der Waals surface area contributed by atoms with Crippen LogP contribution in [0.4, 0.5) is 10.2 Å². The number of aromatic nitrogens is 4. The van der Waals surface area contributed by atoms with E-state index in [-0.39, 0.29) is 30.4 Å². The van der Waals surface area contributed by atoms with Crippen LogP contribution < -0.4 is 4.90 Å². The predicted octanol–water partition coefficient (Wildman–Crippen LogP) is -0.760. The molecule has 2 N–H and O–H groups in total. The highest BCUT2D eigenvalue weighted by Crippen LogP contribution is 2.26. The fourth-order valence-corrected chi connectivity index (χ4v) is 2.51. The number of aliphatic hydroxyl groups is 1. The van der Waals surface area contributed by atoms with Crippen LogP contribution in [0.25, 0.3) is 5.69 Å². The van der Waals surface area contributed by atoms with Crippen LogP contribution in [0.15, 0.2) is 18.5 Å². The van der Waals surface area contributed by atoms with E-state index in [1.165, 1.54) is 12.3 Å². The Bertz CT molecular complexity index is 952. The molecule has 2 unspecified atom stereocenters. The van der Waals surface area contributed by atoms with Crippen molar-refractivity contribution in [2.45, 2.75) is 18.6 Å². The zero-order valence-corrected chi connectivity index (χ0v) is 13.9. The molecule has 3 rings (SSSR count). The highest BCUT2D eigenvalue weighted by Gasteiger charge is 2.49. The third-order valence-corrected chi connectivity index (χ3v) is 3.96. The second-order valence-electron chi connectivity index (χ2n) is 5.85. The Labute approximate surface area is 151 Å². The summed E-state index contributed by atoms with van der Waals surface area (Å²) >= 11 is 0. The molecule has 12 heteroatoms. The first-order valence-electron chi connectivity index (χ1n) is 7.63. The number of rotatable bonds is 4. The number of carboxylic acid groups (broad SMARTS) is 1. The third kappa shape index (κ3) is 3.21. The summed E-state index contributed by atoms with van der Waals surface area (Å²) in [6.45, 7) is 0.709. The lowest BCUT2D eigenvalue weighted by atomic mass is 9.97. The summed E-state index contributed by atoms with van der Waals surface area (Å²) in [6.07, 6.45) is 0.498. The molecule has 1 saturated heterocycles. The monoisotopic (exact) mass is 376 g/mol. The highest BCUT2D eigenvalue weighted by atomic mass is 19.1. The third-order valence-electron chi connectivity index (χ3n) is 3.96. The quantitative estimate of drug-likeness (QED) is 0.700. The smallest absolute Gasteiger partial charge is 0.338 e. The van der Waals surface area contributed by atoms with Crippen LogP contribution in [0.1, 0.15) is 12.6 Å². The van der Waals surface area contributed by atoms with Gasteiger partial charge in [0.15, 0.2) is 29.0 Å². The maximum atomic E-state index is 14.4. The van der Waals surface area contributed by atoms with Crippen molar-refractivity contribution in [3.63, 3.8) is 0 Å². The van der Waals surface area contributed by atoms with Gasteiger partial charge >= 0.3 is 5.97 Å². The maximum Gasteiger partial charge on any atom is 0.338 e. The first kappa shape index (κ1) is 18.4. The molecule has 2 aromatic rings. The molecule has 2 aromatic heterocycles. The number of hydrogen-bond acceptors (Lipinski definition) is 8. The van der Waals surface area contributed by atoms with Crippen LogP contribution in [0.2, 0.25) is 0 Å². The van der Waals surface area contributed by atoms with E-state index in [4.69, 9.17) is 15.1 Å². The largest absolute Gasteiger partial charge is 0.479 e. The van der Waals surface area contributed by atoms with Gasteiger partial charge in [-0.25, -0.2) is 13.9 Å². The number of ether oxygens (including phenoxy) is 1. The SMILES string of the molecule is CC(O)(C(=O)O)C1OCCN(c2nn(-c3cnnc(C#N)c3)cc2F)C1=O. The Kier molecular flexibility index (Phi) is 4.56. The van der Waals surface area contributed by atoms with E-state index < -0.39 is 29.4 Å². The summed E-state index contributed by atoms with van der Waals surface area (Å²) in [4.78, 5) is 24.7. The molecule has 1 aliphatic rings. The number of carboxylic acids is 1. The summed E-state index contributed by atoms with van der Waals surface area (Å²) in [7, 11) is 0. The average Bonchev–Trinajstić information content (AvgIpc) is 3.03. The Morgan fingerprint density at radius 3 is 2.96 bits per heavy atom. The lowest BCUT2D eigenvalue weighted by molar-refractivity contribution is -0.180. The van der Waals surface area contributed by atoms with E-state index >= 15 is 0 Å². The van der Waals surface area contributed by atoms with Gasteiger partial charge in [-0.15, -0.1) is 10.2 Å². The van der Waals surface area contributed by atoms with Crippen molar-refractivity contribution in [2.75, 3.05) is 18.1 Å². The topological polar surface area (TPSA) is 154 Å². The predicted molar refractivity (Wildman–Crippen MR) is 84.2 cm³/mol. The van der Waals surface area contributed by atoms with E-state index in [0.717, 1.165) is 22.7 Å². The van der Waals surface area contributed by atoms with Crippen LogP contribution >= 0.6 is 0 Å². The normalized spacial score (nSPS) is 19.4. The molecule has 1 aliphatic heterocycles. The zero-order valence-electron chi connectivity index (χ0n) is 13.9. The van der Waals surface area contributed by atoms with Crippen molar-refractivity contribution in [3.05, 3.63) is 30.0 Å². The minimum Gasteiger partial charge on any atom is -0.479 e. The standard InChI is InChI=1S/C15H13FN6O5/c1-15(26,14(24)25)11-13(23)21(2-3-27-11)12-10(16)7-22(20-12)9-4-8(5-17)19-18-6-9/h4,6-7,11,26H,2-3H2,1H3,(H,24,25). The van der Waals surface area contributed by atoms with Gasteiger partial charge in [0.05, 0.1) is 31.2 Å². The van der Waals surface area contributed by atoms with Crippen LogP contribution in [-0.4, -0.2) is 66.9 Å². The number of nitrogens with zero attached hydrogens (tertiary/aromatic N) is 6. The van der Waals surface area contributed by atoms with Gasteiger partial charge in [-0.05, 0) is 6.92 Å². The Morgan fingerprint density at radius 2 is 2.30 bits per heavy atom. The van der Waals surface area contributed by atoms with Crippen molar-refractivity contribution < 1.29 is 28.9 Å². The van der Waals surface area contributed by atoms with Gasteiger partial charge in [0.25, 0.3) is 5.91 Å². The summed E-state index contributed by atoms with van der Waals surface area (Å²) in [5.74, 6) is -3.83. The molecule has 0 saturated carbocycles. The molecule has 0 radical (unpaired) electrons. The number of nitriles is 1. The van der Waals surface area contributed by atoms with E-state index in [1.54, 1.807) is 6.07 Å². The zero-order chi connectivity index (χ0) is 19.8. The lowest BCUT2D eigenvalue weighted by Gasteiger charge is -2.36. The molecule has 11 nitrogen and oxygen atoms in total. The number of carbonyl (C=O) groups is 2. The second kappa shape index (κ2) is 6.71. The number of amides is 1. The first-order chi connectivity index (χ1) is 12.8. The van der Waals surface area contributed by atoms with Gasteiger partial charge in [0.1, 0.15) is 6.07 Å². The molecule has 140 valence electrons. The van der Waals surface area contributed by atoms with Crippen LogP contribution in [-0.2, 0) is 14.3 Å². The average molecular weight is 376 g/mol. The highest BCUT2D eigenvalue weighted by molar-refractivity contribution is 6.00. The number of carbonyl (C=O) groups excluding carboxylic acids is 1. The summed E-state index contributed by atoms with van der Waals surface area (Å²) < 4.78 is 20.6. The van der Waals surface area contributed by atoms with E-state index in [0.29, 0.717) is 0 Å². The van der Waals surface area contributed by atoms with Crippen LogP contribution in [0.5, 0.6) is 0 Å². The minimum absolute atomic E-state index is 0.00928. The fraction of sp³-hybridized carbons (Fsp3) is 0.333. The van der Waals surface area contributed by atoms with Gasteiger partial charge in [-0.1, -0.05) is 0 Å². The molecular formula is C15H13FN6O5. The Balaban J connectivity index is 1.95. The number of hydrogen-bond donors (Lipinski definition) is 2. The van der Waals surface area contributed by atoms with Crippen molar-refractivity contribution in [3.8, 4) is 11.8 Å². The molecule has 0 aliphatic carbocycles. The van der Waals surface area contributed by atoms with Crippen molar-refractivity contribution >= 4 is 17.7 Å². The van der Waals surface area contributed by atoms with Crippen molar-refractivity contribution in [2.24, 2.45) is 0 Å². The minimum atomic E-state index is -2.49. The molecule has 1 amide bonds. The molecule has 0 spiro atoms. The van der Waals surface area contributed by atoms with Gasteiger partial charge in [-0.2, -0.15) is 10.4 Å². The molecule has 1 fully saturated rings. The molecule has 3 heterocycles.